The Morgan fingerprint density at radius 2 is 2.07 bits per heavy atom. The van der Waals surface area contributed by atoms with Gasteiger partial charge in [-0.2, -0.15) is 0 Å². The minimum absolute atomic E-state index is 0.164. The van der Waals surface area contributed by atoms with Crippen LogP contribution in [0, 0.1) is 5.92 Å². The molecule has 0 spiro atoms. The molecule has 0 aliphatic rings. The molecule has 4 heteroatoms. The number of nitrogens with two attached hydrogens (primary N) is 1. The molecule has 1 unspecified atom stereocenters. The van der Waals surface area contributed by atoms with Gasteiger partial charge in [0.2, 0.25) is 0 Å². The van der Waals surface area contributed by atoms with E-state index in [1.807, 2.05) is 7.05 Å². The molecule has 0 aromatic carbocycles. The van der Waals surface area contributed by atoms with E-state index in [2.05, 4.69) is 23.5 Å². The van der Waals surface area contributed by atoms with E-state index in [1.165, 1.54) is 7.11 Å². The van der Waals surface area contributed by atoms with E-state index in [1.54, 1.807) is 0 Å². The number of esters is 1. The highest BCUT2D eigenvalue weighted by Gasteiger charge is 2.11. The quantitative estimate of drug-likeness (QED) is 0.636. The molecule has 84 valence electrons. The maximum Gasteiger partial charge on any atom is 0.306 e. The molecule has 0 bridgehead atoms. The summed E-state index contributed by atoms with van der Waals surface area (Å²) in [6.45, 7) is 5.71. The molecule has 0 aliphatic carbocycles. The number of carbonyl (C=O) groups excluding carboxylic acids is 1. The second kappa shape index (κ2) is 6.79. The summed E-state index contributed by atoms with van der Waals surface area (Å²) in [5.41, 5.74) is 5.90. The summed E-state index contributed by atoms with van der Waals surface area (Å²) in [6, 6.07) is 0.164. The lowest BCUT2D eigenvalue weighted by Gasteiger charge is -2.23. The topological polar surface area (TPSA) is 55.6 Å². The van der Waals surface area contributed by atoms with Gasteiger partial charge in [-0.15, -0.1) is 0 Å². The van der Waals surface area contributed by atoms with Crippen LogP contribution in [0.3, 0.4) is 0 Å². The zero-order chi connectivity index (χ0) is 11.1. The van der Waals surface area contributed by atoms with Gasteiger partial charge in [0, 0.05) is 19.1 Å². The van der Waals surface area contributed by atoms with E-state index in [0.29, 0.717) is 18.9 Å². The molecule has 0 saturated carbocycles. The van der Waals surface area contributed by atoms with Gasteiger partial charge >= 0.3 is 5.97 Å². The Kier molecular flexibility index (Phi) is 6.49. The minimum atomic E-state index is -0.171. The maximum absolute atomic E-state index is 10.9. The van der Waals surface area contributed by atoms with Gasteiger partial charge in [0.15, 0.2) is 0 Å². The number of carbonyl (C=O) groups is 1. The Balaban J connectivity index is 3.64. The zero-order valence-corrected chi connectivity index (χ0v) is 9.62. The molecule has 0 rings (SSSR count). The van der Waals surface area contributed by atoms with Crippen molar-refractivity contribution in [1.29, 1.82) is 0 Å². The molecule has 0 saturated heterocycles. The van der Waals surface area contributed by atoms with E-state index in [-0.39, 0.29) is 12.0 Å². The van der Waals surface area contributed by atoms with Crippen molar-refractivity contribution in [3.63, 3.8) is 0 Å². The molecule has 1 atom stereocenters. The number of nitrogens with zero attached hydrogens (tertiary/aromatic N) is 1. The summed E-state index contributed by atoms with van der Waals surface area (Å²) in [7, 11) is 3.37. The zero-order valence-electron chi connectivity index (χ0n) is 9.62. The lowest BCUT2D eigenvalue weighted by molar-refractivity contribution is -0.140. The minimum Gasteiger partial charge on any atom is -0.469 e. The number of methoxy groups -OCH3 is 1. The van der Waals surface area contributed by atoms with Gasteiger partial charge in [0.05, 0.1) is 13.5 Å². The first kappa shape index (κ1) is 13.4. The van der Waals surface area contributed by atoms with Gasteiger partial charge in [-0.25, -0.2) is 0 Å². The molecule has 0 radical (unpaired) electrons. The first-order valence-corrected chi connectivity index (χ1v) is 4.98. The molecular weight excluding hydrogens is 180 g/mol. The van der Waals surface area contributed by atoms with Crippen LogP contribution in [0.25, 0.3) is 0 Å². The normalized spacial score (nSPS) is 13.4. The molecule has 2 N–H and O–H groups in total. The maximum atomic E-state index is 10.9. The fraction of sp³-hybridized carbons (Fsp3) is 0.900. The third-order valence-corrected chi connectivity index (χ3v) is 2.30. The van der Waals surface area contributed by atoms with Crippen LogP contribution in [0.2, 0.25) is 0 Å². The highest BCUT2D eigenvalue weighted by atomic mass is 16.5. The number of rotatable bonds is 6. The third kappa shape index (κ3) is 5.94. The van der Waals surface area contributed by atoms with Crippen LogP contribution >= 0.6 is 0 Å². The van der Waals surface area contributed by atoms with Gasteiger partial charge in [-0.3, -0.25) is 4.79 Å². The van der Waals surface area contributed by atoms with E-state index >= 15 is 0 Å². The summed E-state index contributed by atoms with van der Waals surface area (Å²) in [5.74, 6) is 0.297. The average molecular weight is 202 g/mol. The van der Waals surface area contributed by atoms with Crippen LogP contribution in [-0.2, 0) is 9.53 Å². The number of ether oxygens (including phenoxy) is 1. The lowest BCUT2D eigenvalue weighted by atomic mass is 10.1. The van der Waals surface area contributed by atoms with Gasteiger partial charge in [-0.1, -0.05) is 13.8 Å². The highest BCUT2D eigenvalue weighted by Crippen LogP contribution is 2.00. The second-order valence-corrected chi connectivity index (χ2v) is 4.00. The fourth-order valence-electron chi connectivity index (χ4n) is 1.05. The smallest absolute Gasteiger partial charge is 0.306 e. The molecule has 0 heterocycles. The monoisotopic (exact) mass is 202 g/mol. The summed E-state index contributed by atoms with van der Waals surface area (Å²) in [5, 5.41) is 0. The molecular formula is C10H22N2O2. The average Bonchev–Trinajstić information content (AvgIpc) is 2.13. The molecule has 0 aromatic rings. The Morgan fingerprint density at radius 1 is 1.50 bits per heavy atom. The fourth-order valence-corrected chi connectivity index (χ4v) is 1.05. The summed E-state index contributed by atoms with van der Waals surface area (Å²) < 4.78 is 4.56. The summed E-state index contributed by atoms with van der Waals surface area (Å²) >= 11 is 0. The van der Waals surface area contributed by atoms with Crippen molar-refractivity contribution in [3.05, 3.63) is 0 Å². The van der Waals surface area contributed by atoms with Crippen molar-refractivity contribution < 1.29 is 9.53 Å². The Morgan fingerprint density at radius 3 is 2.50 bits per heavy atom. The Hall–Kier alpha value is -0.610. The number of hydrogen-bond acceptors (Lipinski definition) is 4. The lowest BCUT2D eigenvalue weighted by Crippen LogP contribution is -2.39. The van der Waals surface area contributed by atoms with E-state index < -0.39 is 0 Å². The largest absolute Gasteiger partial charge is 0.469 e. The standard InChI is InChI=1S/C10H22N2O2/c1-8(2)9(11)7-12(3)6-5-10(13)14-4/h8-9H,5-7,11H2,1-4H3. The van der Waals surface area contributed by atoms with Crippen LogP contribution in [0.4, 0.5) is 0 Å². The van der Waals surface area contributed by atoms with Crippen LogP contribution in [0.15, 0.2) is 0 Å². The number of likely N-dealkylation sites (N-methyl/N-ethyl adjacent to an activating group) is 1. The van der Waals surface area contributed by atoms with Crippen molar-refractivity contribution in [2.24, 2.45) is 11.7 Å². The van der Waals surface area contributed by atoms with Gasteiger partial charge < -0.3 is 15.4 Å². The van der Waals surface area contributed by atoms with Crippen molar-refractivity contribution in [2.75, 3.05) is 27.2 Å². The van der Waals surface area contributed by atoms with E-state index in [4.69, 9.17) is 5.73 Å². The van der Waals surface area contributed by atoms with E-state index in [0.717, 1.165) is 6.54 Å². The van der Waals surface area contributed by atoms with Crippen LogP contribution in [0.5, 0.6) is 0 Å². The van der Waals surface area contributed by atoms with Crippen LogP contribution in [0.1, 0.15) is 20.3 Å². The first-order chi connectivity index (χ1) is 6.47. The molecule has 4 nitrogen and oxygen atoms in total. The third-order valence-electron chi connectivity index (χ3n) is 2.30. The van der Waals surface area contributed by atoms with Gasteiger partial charge in [-0.05, 0) is 13.0 Å². The van der Waals surface area contributed by atoms with Crippen molar-refractivity contribution >= 4 is 5.97 Å². The predicted octanol–water partition coefficient (Wildman–Crippen LogP) is 0.465. The first-order valence-electron chi connectivity index (χ1n) is 4.98. The Bertz CT molecular complexity index is 172. The number of hydrogen-bond donors (Lipinski definition) is 1. The van der Waals surface area contributed by atoms with Crippen LogP contribution < -0.4 is 5.73 Å². The molecule has 0 aromatic heterocycles. The van der Waals surface area contributed by atoms with Crippen molar-refractivity contribution in [1.82, 2.24) is 4.90 Å². The summed E-state index contributed by atoms with van der Waals surface area (Å²) in [4.78, 5) is 12.9. The van der Waals surface area contributed by atoms with Crippen molar-refractivity contribution in [2.45, 2.75) is 26.3 Å². The van der Waals surface area contributed by atoms with Crippen molar-refractivity contribution in [3.8, 4) is 0 Å². The van der Waals surface area contributed by atoms with E-state index in [9.17, 15) is 4.79 Å². The molecule has 14 heavy (non-hydrogen) atoms. The SMILES string of the molecule is COC(=O)CCN(C)CC(N)C(C)C. The van der Waals surface area contributed by atoms with Gasteiger partial charge in [0.1, 0.15) is 0 Å². The summed E-state index contributed by atoms with van der Waals surface area (Å²) in [6.07, 6.45) is 0.428. The second-order valence-electron chi connectivity index (χ2n) is 4.00. The molecule has 0 fully saturated rings. The predicted molar refractivity (Wildman–Crippen MR) is 56.9 cm³/mol. The molecule has 0 amide bonds. The molecule has 0 aliphatic heterocycles. The highest BCUT2D eigenvalue weighted by molar-refractivity contribution is 5.69. The van der Waals surface area contributed by atoms with Gasteiger partial charge in [0.25, 0.3) is 0 Å². The van der Waals surface area contributed by atoms with Crippen LogP contribution in [-0.4, -0.2) is 44.2 Å². The Labute approximate surface area is 86.4 Å².